The SMILES string of the molecule is C#CCOC(=O)Cn1c(=O)oc2cccc(N)c21. The van der Waals surface area contributed by atoms with Crippen molar-refractivity contribution in [2.45, 2.75) is 6.54 Å². The Morgan fingerprint density at radius 2 is 2.33 bits per heavy atom. The molecule has 92 valence electrons. The lowest BCUT2D eigenvalue weighted by Gasteiger charge is -2.03. The van der Waals surface area contributed by atoms with E-state index in [0.717, 1.165) is 4.57 Å². The number of oxazole rings is 1. The summed E-state index contributed by atoms with van der Waals surface area (Å²) in [5.74, 6) is 0.873. The van der Waals surface area contributed by atoms with Gasteiger partial charge in [-0.2, -0.15) is 0 Å². The molecule has 0 spiro atoms. The molecule has 0 aliphatic heterocycles. The van der Waals surface area contributed by atoms with Crippen LogP contribution in [0.15, 0.2) is 27.4 Å². The zero-order valence-electron chi connectivity index (χ0n) is 9.38. The number of carbonyl (C=O) groups excluding carboxylic acids is 1. The maximum absolute atomic E-state index is 11.6. The normalized spacial score (nSPS) is 10.2. The van der Waals surface area contributed by atoms with Gasteiger partial charge in [-0.3, -0.25) is 9.36 Å². The highest BCUT2D eigenvalue weighted by Crippen LogP contribution is 2.19. The quantitative estimate of drug-likeness (QED) is 0.479. The molecule has 1 aromatic carbocycles. The molecule has 18 heavy (non-hydrogen) atoms. The van der Waals surface area contributed by atoms with Crippen molar-refractivity contribution < 1.29 is 13.9 Å². The molecule has 0 saturated carbocycles. The predicted octanol–water partition coefficient (Wildman–Crippen LogP) is 0.353. The van der Waals surface area contributed by atoms with E-state index in [1.165, 1.54) is 0 Å². The topological polar surface area (TPSA) is 87.5 Å². The number of nitrogens with zero attached hydrogens (tertiary/aromatic N) is 1. The number of nitrogens with two attached hydrogens (primary N) is 1. The highest BCUT2D eigenvalue weighted by atomic mass is 16.5. The minimum absolute atomic E-state index is 0.140. The highest BCUT2D eigenvalue weighted by Gasteiger charge is 2.15. The van der Waals surface area contributed by atoms with Crippen molar-refractivity contribution >= 4 is 22.8 Å². The molecular formula is C12H10N2O4. The number of ether oxygens (including phenoxy) is 1. The summed E-state index contributed by atoms with van der Waals surface area (Å²) in [6.45, 7) is -0.430. The Kier molecular flexibility index (Phi) is 3.06. The van der Waals surface area contributed by atoms with Crippen LogP contribution in [0.1, 0.15) is 0 Å². The molecule has 6 heteroatoms. The van der Waals surface area contributed by atoms with Gasteiger partial charge < -0.3 is 14.9 Å². The second-order valence-electron chi connectivity index (χ2n) is 3.51. The van der Waals surface area contributed by atoms with Crippen LogP contribution < -0.4 is 11.5 Å². The fourth-order valence-corrected chi connectivity index (χ4v) is 1.59. The molecule has 6 nitrogen and oxygen atoms in total. The molecule has 0 aliphatic carbocycles. The van der Waals surface area contributed by atoms with Gasteiger partial charge in [0.15, 0.2) is 12.2 Å². The number of hydrogen-bond donors (Lipinski definition) is 1. The largest absolute Gasteiger partial charge is 0.451 e. The second kappa shape index (κ2) is 4.67. The van der Waals surface area contributed by atoms with Gasteiger partial charge in [-0.25, -0.2) is 4.79 Å². The van der Waals surface area contributed by atoms with E-state index in [0.29, 0.717) is 16.8 Å². The van der Waals surface area contributed by atoms with Gasteiger partial charge in [0.1, 0.15) is 12.1 Å². The Hall–Kier alpha value is -2.68. The lowest BCUT2D eigenvalue weighted by atomic mass is 10.3. The van der Waals surface area contributed by atoms with E-state index >= 15 is 0 Å². The minimum atomic E-state index is -0.666. The third-order valence-corrected chi connectivity index (χ3v) is 2.32. The Labute approximate surface area is 102 Å². The smallest absolute Gasteiger partial charge is 0.420 e. The first kappa shape index (κ1) is 11.8. The molecule has 2 rings (SSSR count). The third-order valence-electron chi connectivity index (χ3n) is 2.32. The number of fused-ring (bicyclic) bond motifs is 1. The maximum Gasteiger partial charge on any atom is 0.420 e. The third kappa shape index (κ3) is 2.06. The predicted molar refractivity (Wildman–Crippen MR) is 64.7 cm³/mol. The highest BCUT2D eigenvalue weighted by molar-refractivity contribution is 5.86. The number of anilines is 1. The van der Waals surface area contributed by atoms with Gasteiger partial charge in [-0.1, -0.05) is 12.0 Å². The van der Waals surface area contributed by atoms with Gasteiger partial charge in [0, 0.05) is 0 Å². The summed E-state index contributed by atoms with van der Waals surface area (Å²) in [6, 6.07) is 4.86. The molecule has 0 unspecified atom stereocenters. The molecule has 2 aromatic rings. The van der Waals surface area contributed by atoms with E-state index in [1.54, 1.807) is 18.2 Å². The fraction of sp³-hybridized carbons (Fsp3) is 0.167. The van der Waals surface area contributed by atoms with E-state index in [9.17, 15) is 9.59 Å². The van der Waals surface area contributed by atoms with Crippen LogP contribution in [0.5, 0.6) is 0 Å². The number of para-hydroxylation sites is 1. The molecule has 2 N–H and O–H groups in total. The summed E-state index contributed by atoms with van der Waals surface area (Å²) in [5.41, 5.74) is 6.79. The van der Waals surface area contributed by atoms with Crippen molar-refractivity contribution in [3.8, 4) is 12.3 Å². The van der Waals surface area contributed by atoms with Crippen molar-refractivity contribution in [2.24, 2.45) is 0 Å². The van der Waals surface area contributed by atoms with Crippen LogP contribution in [0.3, 0.4) is 0 Å². The minimum Gasteiger partial charge on any atom is -0.451 e. The Bertz CT molecular complexity index is 690. The zero-order chi connectivity index (χ0) is 13.1. The van der Waals surface area contributed by atoms with E-state index in [1.807, 2.05) is 0 Å². The number of benzene rings is 1. The Morgan fingerprint density at radius 3 is 3.06 bits per heavy atom. The number of esters is 1. The molecule has 0 radical (unpaired) electrons. The van der Waals surface area contributed by atoms with Crippen molar-refractivity contribution in [3.05, 3.63) is 28.7 Å². The van der Waals surface area contributed by atoms with Gasteiger partial charge in [-0.05, 0) is 12.1 Å². The van der Waals surface area contributed by atoms with Crippen LogP contribution in [-0.4, -0.2) is 17.1 Å². The van der Waals surface area contributed by atoms with Crippen LogP contribution in [-0.2, 0) is 16.1 Å². The van der Waals surface area contributed by atoms with Gasteiger partial charge >= 0.3 is 11.7 Å². The Morgan fingerprint density at radius 1 is 1.56 bits per heavy atom. The molecule has 0 fully saturated rings. The van der Waals surface area contributed by atoms with Gasteiger partial charge in [0.05, 0.1) is 5.69 Å². The first-order valence-corrected chi connectivity index (χ1v) is 5.10. The van der Waals surface area contributed by atoms with E-state index in [4.69, 9.17) is 21.3 Å². The average molecular weight is 246 g/mol. The van der Waals surface area contributed by atoms with Crippen molar-refractivity contribution in [1.82, 2.24) is 4.57 Å². The van der Waals surface area contributed by atoms with Crippen LogP contribution in [0.2, 0.25) is 0 Å². The zero-order valence-corrected chi connectivity index (χ0v) is 9.38. The first-order valence-electron chi connectivity index (χ1n) is 5.10. The number of carbonyl (C=O) groups is 1. The van der Waals surface area contributed by atoms with E-state index < -0.39 is 11.7 Å². The van der Waals surface area contributed by atoms with Crippen LogP contribution in [0.4, 0.5) is 5.69 Å². The van der Waals surface area contributed by atoms with Gasteiger partial charge in [-0.15, -0.1) is 6.42 Å². The molecule has 1 heterocycles. The molecule has 0 bridgehead atoms. The van der Waals surface area contributed by atoms with Crippen LogP contribution >= 0.6 is 0 Å². The standard InChI is InChI=1S/C12H10N2O4/c1-2-6-17-10(15)7-14-11-8(13)4-3-5-9(11)18-12(14)16/h1,3-5H,6-7,13H2. The van der Waals surface area contributed by atoms with Crippen molar-refractivity contribution in [3.63, 3.8) is 0 Å². The Balaban J connectivity index is 2.39. The first-order chi connectivity index (χ1) is 8.63. The summed E-state index contributed by atoms with van der Waals surface area (Å²) in [6.07, 6.45) is 4.96. The number of terminal acetylenes is 1. The lowest BCUT2D eigenvalue weighted by Crippen LogP contribution is -2.22. The lowest BCUT2D eigenvalue weighted by molar-refractivity contribution is -0.142. The molecular weight excluding hydrogens is 236 g/mol. The fourth-order valence-electron chi connectivity index (χ4n) is 1.59. The van der Waals surface area contributed by atoms with Crippen LogP contribution in [0, 0.1) is 12.3 Å². The molecule has 0 atom stereocenters. The van der Waals surface area contributed by atoms with Crippen molar-refractivity contribution in [1.29, 1.82) is 0 Å². The number of nitrogen functional groups attached to an aromatic ring is 1. The molecule has 0 amide bonds. The number of rotatable bonds is 3. The monoisotopic (exact) mass is 246 g/mol. The summed E-state index contributed by atoms with van der Waals surface area (Å²) in [4.78, 5) is 23.0. The van der Waals surface area contributed by atoms with Gasteiger partial charge in [0.25, 0.3) is 0 Å². The second-order valence-corrected chi connectivity index (χ2v) is 3.51. The number of aromatic nitrogens is 1. The summed E-state index contributed by atoms with van der Waals surface area (Å²) in [7, 11) is 0. The van der Waals surface area contributed by atoms with Gasteiger partial charge in [0.2, 0.25) is 0 Å². The van der Waals surface area contributed by atoms with Crippen LogP contribution in [0.25, 0.3) is 11.1 Å². The van der Waals surface area contributed by atoms with Crippen molar-refractivity contribution in [2.75, 3.05) is 12.3 Å². The molecule has 1 aromatic heterocycles. The summed E-state index contributed by atoms with van der Waals surface area (Å²) < 4.78 is 10.8. The maximum atomic E-state index is 11.6. The van der Waals surface area contributed by atoms with E-state index in [-0.39, 0.29) is 13.2 Å². The summed E-state index contributed by atoms with van der Waals surface area (Å²) >= 11 is 0. The van der Waals surface area contributed by atoms with E-state index in [2.05, 4.69) is 5.92 Å². The number of hydrogen-bond acceptors (Lipinski definition) is 5. The molecule has 0 saturated heterocycles. The summed E-state index contributed by atoms with van der Waals surface area (Å²) in [5, 5.41) is 0. The average Bonchev–Trinajstić information content (AvgIpc) is 2.65. The molecule has 0 aliphatic rings.